The highest BCUT2D eigenvalue weighted by Crippen LogP contribution is 2.27. The molecule has 0 radical (unpaired) electrons. The summed E-state index contributed by atoms with van der Waals surface area (Å²) in [4.78, 5) is 14.1. The summed E-state index contributed by atoms with van der Waals surface area (Å²) in [6.07, 6.45) is 0. The fraction of sp³-hybridized carbons (Fsp3) is 0.357. The van der Waals surface area contributed by atoms with Crippen molar-refractivity contribution in [2.45, 2.75) is 6.54 Å². The molecule has 2 heterocycles. The number of rotatable bonds is 3. The first kappa shape index (κ1) is 13.1. The van der Waals surface area contributed by atoms with Crippen LogP contribution < -0.4 is 11.3 Å². The zero-order valence-electron chi connectivity index (χ0n) is 11.1. The number of hydrogen-bond donors (Lipinski definition) is 2. The topological polar surface area (TPSA) is 80.7 Å². The molecule has 0 atom stereocenters. The third-order valence-corrected chi connectivity index (χ3v) is 3.52. The van der Waals surface area contributed by atoms with Gasteiger partial charge >= 0.3 is 5.91 Å². The number of nitrogens with zero attached hydrogens (tertiary/aromatic N) is 1. The fourth-order valence-electron chi connectivity index (χ4n) is 2.49. The highest BCUT2D eigenvalue weighted by molar-refractivity contribution is 5.98. The minimum absolute atomic E-state index is 0.292. The van der Waals surface area contributed by atoms with Crippen LogP contribution in [-0.2, 0) is 11.3 Å². The Morgan fingerprint density at radius 3 is 2.80 bits per heavy atom. The Hall–Kier alpha value is -1.89. The van der Waals surface area contributed by atoms with Crippen LogP contribution in [0, 0.1) is 0 Å². The van der Waals surface area contributed by atoms with Crippen molar-refractivity contribution in [3.05, 3.63) is 35.6 Å². The maximum atomic E-state index is 11.9. The van der Waals surface area contributed by atoms with E-state index in [1.54, 1.807) is 0 Å². The number of hydrazine groups is 1. The van der Waals surface area contributed by atoms with E-state index in [4.69, 9.17) is 15.0 Å². The summed E-state index contributed by atoms with van der Waals surface area (Å²) in [7, 11) is 0. The van der Waals surface area contributed by atoms with Crippen LogP contribution >= 0.6 is 0 Å². The molecule has 0 saturated carbocycles. The Kier molecular flexibility index (Phi) is 3.68. The number of benzene rings is 1. The lowest BCUT2D eigenvalue weighted by Crippen LogP contribution is -2.36. The van der Waals surface area contributed by atoms with Crippen LogP contribution in [0.4, 0.5) is 0 Å². The highest BCUT2D eigenvalue weighted by Gasteiger charge is 2.22. The first-order chi connectivity index (χ1) is 9.79. The third-order valence-electron chi connectivity index (χ3n) is 3.52. The Bertz CT molecular complexity index is 617. The van der Waals surface area contributed by atoms with Crippen molar-refractivity contribution >= 4 is 16.9 Å². The normalized spacial score (nSPS) is 16.4. The molecule has 1 amide bonds. The first-order valence-corrected chi connectivity index (χ1v) is 6.61. The predicted octanol–water partition coefficient (Wildman–Crippen LogP) is 0.868. The van der Waals surface area contributed by atoms with Crippen molar-refractivity contribution in [3.8, 4) is 0 Å². The maximum absolute atomic E-state index is 11.9. The molecule has 1 aliphatic heterocycles. The summed E-state index contributed by atoms with van der Waals surface area (Å²) in [6.45, 7) is 3.79. The van der Waals surface area contributed by atoms with E-state index in [0.717, 1.165) is 24.0 Å². The summed E-state index contributed by atoms with van der Waals surface area (Å²) in [6, 6.07) is 7.63. The van der Waals surface area contributed by atoms with Crippen LogP contribution in [0.15, 0.2) is 28.7 Å². The molecule has 1 aromatic heterocycles. The van der Waals surface area contributed by atoms with Gasteiger partial charge in [0.2, 0.25) is 0 Å². The van der Waals surface area contributed by atoms with Gasteiger partial charge in [0.15, 0.2) is 5.76 Å². The third kappa shape index (κ3) is 2.40. The molecule has 106 valence electrons. The summed E-state index contributed by atoms with van der Waals surface area (Å²) in [5.41, 5.74) is 3.73. The second-order valence-corrected chi connectivity index (χ2v) is 4.77. The molecule has 1 aromatic carbocycles. The second-order valence-electron chi connectivity index (χ2n) is 4.77. The molecule has 2 aromatic rings. The Labute approximate surface area is 116 Å². The minimum Gasteiger partial charge on any atom is -0.451 e. The van der Waals surface area contributed by atoms with E-state index >= 15 is 0 Å². The van der Waals surface area contributed by atoms with Crippen molar-refractivity contribution < 1.29 is 13.9 Å². The number of carbonyl (C=O) groups excluding carboxylic acids is 1. The fourth-order valence-corrected chi connectivity index (χ4v) is 2.49. The number of furan rings is 1. The molecule has 6 heteroatoms. The molecule has 20 heavy (non-hydrogen) atoms. The highest BCUT2D eigenvalue weighted by atomic mass is 16.5. The largest absolute Gasteiger partial charge is 0.451 e. The van der Waals surface area contributed by atoms with Gasteiger partial charge in [-0.05, 0) is 6.07 Å². The molecule has 1 aliphatic rings. The van der Waals surface area contributed by atoms with Crippen LogP contribution in [0.2, 0.25) is 0 Å². The summed E-state index contributed by atoms with van der Waals surface area (Å²) < 4.78 is 11.0. The van der Waals surface area contributed by atoms with E-state index in [1.807, 2.05) is 24.3 Å². The molecule has 0 spiro atoms. The number of ether oxygens (including phenoxy) is 1. The van der Waals surface area contributed by atoms with Gasteiger partial charge in [0.1, 0.15) is 5.58 Å². The average Bonchev–Trinajstić information content (AvgIpc) is 2.86. The smallest absolute Gasteiger partial charge is 0.301 e. The Morgan fingerprint density at radius 1 is 1.30 bits per heavy atom. The van der Waals surface area contributed by atoms with E-state index in [-0.39, 0.29) is 0 Å². The summed E-state index contributed by atoms with van der Waals surface area (Å²) in [5, 5.41) is 0.956. The van der Waals surface area contributed by atoms with Gasteiger partial charge in [-0.2, -0.15) is 0 Å². The lowest BCUT2D eigenvalue weighted by Gasteiger charge is -2.26. The van der Waals surface area contributed by atoms with Crippen LogP contribution in [0.25, 0.3) is 11.0 Å². The van der Waals surface area contributed by atoms with E-state index in [2.05, 4.69) is 10.3 Å². The van der Waals surface area contributed by atoms with Gasteiger partial charge < -0.3 is 9.15 Å². The molecular weight excluding hydrogens is 258 g/mol. The van der Waals surface area contributed by atoms with E-state index < -0.39 is 5.91 Å². The number of nitrogens with one attached hydrogen (secondary N) is 1. The molecule has 0 unspecified atom stereocenters. The van der Waals surface area contributed by atoms with E-state index in [0.29, 0.717) is 31.1 Å². The summed E-state index contributed by atoms with van der Waals surface area (Å²) in [5.74, 6) is 5.13. The molecule has 3 N–H and O–H groups in total. The monoisotopic (exact) mass is 275 g/mol. The molecular formula is C14H17N3O3. The summed E-state index contributed by atoms with van der Waals surface area (Å²) >= 11 is 0. The van der Waals surface area contributed by atoms with Gasteiger partial charge in [0.05, 0.1) is 13.2 Å². The van der Waals surface area contributed by atoms with E-state index in [9.17, 15) is 4.79 Å². The standard InChI is InChI=1S/C14H17N3O3/c15-16-14(18)13-11(9-17-5-7-19-8-6-17)10-3-1-2-4-12(10)20-13/h1-4H,5-9,15H2,(H,16,18). The second kappa shape index (κ2) is 5.62. The SMILES string of the molecule is NNC(=O)c1oc2ccccc2c1CN1CCOCC1. The Morgan fingerprint density at radius 2 is 2.05 bits per heavy atom. The number of nitrogen functional groups attached to an aromatic ring is 1. The number of para-hydroxylation sites is 1. The number of fused-ring (bicyclic) bond motifs is 1. The van der Waals surface area contributed by atoms with Gasteiger partial charge in [-0.15, -0.1) is 0 Å². The van der Waals surface area contributed by atoms with Gasteiger partial charge in [-0.3, -0.25) is 15.1 Å². The molecule has 1 saturated heterocycles. The van der Waals surface area contributed by atoms with Crippen LogP contribution in [0.5, 0.6) is 0 Å². The van der Waals surface area contributed by atoms with Crippen molar-refractivity contribution in [1.82, 2.24) is 10.3 Å². The quantitative estimate of drug-likeness (QED) is 0.493. The van der Waals surface area contributed by atoms with Crippen molar-refractivity contribution in [3.63, 3.8) is 0 Å². The van der Waals surface area contributed by atoms with Crippen molar-refractivity contribution in [1.29, 1.82) is 0 Å². The zero-order valence-corrected chi connectivity index (χ0v) is 11.1. The zero-order chi connectivity index (χ0) is 13.9. The van der Waals surface area contributed by atoms with Crippen molar-refractivity contribution in [2.24, 2.45) is 5.84 Å². The minimum atomic E-state index is -0.399. The van der Waals surface area contributed by atoms with Crippen LogP contribution in [0.3, 0.4) is 0 Å². The maximum Gasteiger partial charge on any atom is 0.301 e. The number of carbonyl (C=O) groups is 1. The van der Waals surface area contributed by atoms with Gasteiger partial charge in [-0.1, -0.05) is 18.2 Å². The number of nitrogens with two attached hydrogens (primary N) is 1. The van der Waals surface area contributed by atoms with Gasteiger partial charge in [0, 0.05) is 30.6 Å². The van der Waals surface area contributed by atoms with Crippen molar-refractivity contribution in [2.75, 3.05) is 26.3 Å². The lowest BCUT2D eigenvalue weighted by molar-refractivity contribution is 0.0341. The Balaban J connectivity index is 1.99. The molecule has 0 aliphatic carbocycles. The molecule has 6 nitrogen and oxygen atoms in total. The van der Waals surface area contributed by atoms with E-state index in [1.165, 1.54) is 0 Å². The molecule has 1 fully saturated rings. The predicted molar refractivity (Wildman–Crippen MR) is 74.0 cm³/mol. The number of hydrogen-bond acceptors (Lipinski definition) is 5. The van der Waals surface area contributed by atoms with Crippen LogP contribution in [-0.4, -0.2) is 37.1 Å². The van der Waals surface area contributed by atoms with Gasteiger partial charge in [-0.25, -0.2) is 5.84 Å². The lowest BCUT2D eigenvalue weighted by atomic mass is 10.1. The first-order valence-electron chi connectivity index (χ1n) is 6.61. The molecule has 0 bridgehead atoms. The average molecular weight is 275 g/mol. The molecule has 3 rings (SSSR count). The number of amides is 1. The van der Waals surface area contributed by atoms with Crippen LogP contribution in [0.1, 0.15) is 16.1 Å². The van der Waals surface area contributed by atoms with Gasteiger partial charge in [0.25, 0.3) is 0 Å². The number of morpholine rings is 1.